The van der Waals surface area contributed by atoms with Crippen LogP contribution in [0.15, 0.2) is 23.2 Å². The summed E-state index contributed by atoms with van der Waals surface area (Å²) < 4.78 is 13.1. The fourth-order valence-corrected chi connectivity index (χ4v) is 1.95. The predicted octanol–water partition coefficient (Wildman–Crippen LogP) is 0.800. The fraction of sp³-hybridized carbons (Fsp3) is 0.333. The van der Waals surface area contributed by atoms with Crippen molar-refractivity contribution in [1.82, 2.24) is 4.90 Å². The highest BCUT2D eigenvalue weighted by Crippen LogP contribution is 2.34. The number of hydrogen-bond donors (Lipinski definition) is 2. The van der Waals surface area contributed by atoms with E-state index < -0.39 is 11.4 Å². The Morgan fingerprint density at radius 3 is 2.67 bits per heavy atom. The first-order valence-corrected chi connectivity index (χ1v) is 5.51. The smallest absolute Gasteiger partial charge is 0.231 e. The number of nitrogens with two attached hydrogens (primary N) is 2. The molecule has 18 heavy (non-hydrogen) atoms. The Morgan fingerprint density at radius 1 is 1.44 bits per heavy atom. The van der Waals surface area contributed by atoms with Crippen molar-refractivity contribution in [3.8, 4) is 0 Å². The van der Waals surface area contributed by atoms with E-state index in [-0.39, 0.29) is 24.0 Å². The molecule has 1 aromatic rings. The predicted molar refractivity (Wildman–Crippen MR) is 67.2 cm³/mol. The van der Waals surface area contributed by atoms with Crippen LogP contribution in [-0.2, 0) is 10.3 Å². The maximum Gasteiger partial charge on any atom is 0.231 e. The van der Waals surface area contributed by atoms with Gasteiger partial charge in [-0.25, -0.2) is 9.38 Å². The first kappa shape index (κ1) is 12.3. The highest BCUT2D eigenvalue weighted by molar-refractivity contribution is 5.98. The van der Waals surface area contributed by atoms with Gasteiger partial charge in [-0.05, 0) is 24.6 Å². The number of anilines is 1. The Bertz CT molecular complexity index is 543. The highest BCUT2D eigenvalue weighted by Gasteiger charge is 2.36. The van der Waals surface area contributed by atoms with Crippen LogP contribution in [0, 0.1) is 5.82 Å². The maximum absolute atomic E-state index is 13.1. The largest absolute Gasteiger partial charge is 0.396 e. The number of aliphatic imine (C=N–C) groups is 1. The molecule has 96 valence electrons. The molecule has 1 amide bonds. The average Bonchev–Trinajstić information content (AvgIpc) is 2.29. The zero-order valence-corrected chi connectivity index (χ0v) is 10.3. The molecule has 1 aliphatic rings. The normalized spacial score (nSPS) is 24.1. The second-order valence-corrected chi connectivity index (χ2v) is 4.61. The van der Waals surface area contributed by atoms with E-state index in [9.17, 15) is 9.18 Å². The number of carbonyl (C=O) groups is 1. The standard InChI is InChI=1S/C12H15FN4O/c1-12(6-10(18)17(2)11(15)16-12)7-3-4-8(13)9(14)5-7/h3-5H,6,14H2,1-2H3,(H2,15,16)/t12-/m0/s1. The fourth-order valence-electron chi connectivity index (χ4n) is 1.95. The van der Waals surface area contributed by atoms with Gasteiger partial charge < -0.3 is 11.5 Å². The first-order valence-electron chi connectivity index (χ1n) is 5.51. The molecule has 1 atom stereocenters. The van der Waals surface area contributed by atoms with Gasteiger partial charge in [0.2, 0.25) is 5.91 Å². The van der Waals surface area contributed by atoms with E-state index >= 15 is 0 Å². The van der Waals surface area contributed by atoms with Gasteiger partial charge in [0.15, 0.2) is 5.96 Å². The number of nitrogen functional groups attached to an aromatic ring is 1. The molecule has 6 heteroatoms. The molecule has 0 aliphatic carbocycles. The van der Waals surface area contributed by atoms with Crippen molar-refractivity contribution in [1.29, 1.82) is 0 Å². The molecule has 2 rings (SSSR count). The third-order valence-electron chi connectivity index (χ3n) is 3.19. The number of hydrogen-bond acceptors (Lipinski definition) is 4. The van der Waals surface area contributed by atoms with Crippen LogP contribution in [0.4, 0.5) is 10.1 Å². The SMILES string of the molecule is CN1C(=O)C[C@@](C)(c2ccc(F)c(N)c2)N=C1N. The van der Waals surface area contributed by atoms with Crippen LogP contribution < -0.4 is 11.5 Å². The van der Waals surface area contributed by atoms with Crippen LogP contribution in [0.25, 0.3) is 0 Å². The third-order valence-corrected chi connectivity index (χ3v) is 3.19. The minimum absolute atomic E-state index is 0.0360. The number of benzene rings is 1. The maximum atomic E-state index is 13.1. The van der Waals surface area contributed by atoms with Gasteiger partial charge in [0.05, 0.1) is 17.6 Å². The van der Waals surface area contributed by atoms with Gasteiger partial charge >= 0.3 is 0 Å². The zero-order valence-electron chi connectivity index (χ0n) is 10.3. The number of nitrogens with zero attached hydrogens (tertiary/aromatic N) is 2. The highest BCUT2D eigenvalue weighted by atomic mass is 19.1. The summed E-state index contributed by atoms with van der Waals surface area (Å²) in [5, 5.41) is 0. The lowest BCUT2D eigenvalue weighted by Gasteiger charge is -2.33. The molecule has 5 nitrogen and oxygen atoms in total. The average molecular weight is 250 g/mol. The lowest BCUT2D eigenvalue weighted by Crippen LogP contribution is -2.47. The minimum atomic E-state index is -0.796. The van der Waals surface area contributed by atoms with Crippen LogP contribution in [0.5, 0.6) is 0 Å². The van der Waals surface area contributed by atoms with Crippen LogP contribution in [-0.4, -0.2) is 23.8 Å². The Kier molecular flexibility index (Phi) is 2.73. The number of amides is 1. The molecular weight excluding hydrogens is 235 g/mol. The number of rotatable bonds is 1. The van der Waals surface area contributed by atoms with Crippen molar-refractivity contribution in [3.05, 3.63) is 29.6 Å². The molecule has 0 fully saturated rings. The van der Waals surface area contributed by atoms with E-state index in [0.717, 1.165) is 0 Å². The summed E-state index contributed by atoms with van der Waals surface area (Å²) in [5.74, 6) is -0.469. The minimum Gasteiger partial charge on any atom is -0.396 e. The summed E-state index contributed by atoms with van der Waals surface area (Å²) in [7, 11) is 1.57. The molecule has 0 unspecified atom stereocenters. The zero-order chi connectivity index (χ0) is 13.5. The lowest BCUT2D eigenvalue weighted by atomic mass is 9.87. The van der Waals surface area contributed by atoms with Crippen LogP contribution in [0.2, 0.25) is 0 Å². The molecule has 0 spiro atoms. The van der Waals surface area contributed by atoms with E-state index in [0.29, 0.717) is 5.56 Å². The number of guanidine groups is 1. The summed E-state index contributed by atoms with van der Waals surface area (Å²) in [6.07, 6.45) is 0.176. The van der Waals surface area contributed by atoms with Gasteiger partial charge in [-0.1, -0.05) is 6.07 Å². The molecule has 0 bridgehead atoms. The summed E-state index contributed by atoms with van der Waals surface area (Å²) in [6, 6.07) is 4.33. The summed E-state index contributed by atoms with van der Waals surface area (Å²) in [4.78, 5) is 17.4. The number of carbonyl (C=O) groups excluding carboxylic acids is 1. The van der Waals surface area contributed by atoms with Crippen molar-refractivity contribution >= 4 is 17.6 Å². The second-order valence-electron chi connectivity index (χ2n) is 4.61. The molecule has 4 N–H and O–H groups in total. The van der Waals surface area contributed by atoms with Crippen LogP contribution in [0.3, 0.4) is 0 Å². The van der Waals surface area contributed by atoms with Crippen molar-refractivity contribution < 1.29 is 9.18 Å². The van der Waals surface area contributed by atoms with E-state index in [1.54, 1.807) is 20.0 Å². The molecule has 1 aliphatic heterocycles. The van der Waals surface area contributed by atoms with Crippen molar-refractivity contribution in [3.63, 3.8) is 0 Å². The second kappa shape index (κ2) is 3.97. The summed E-state index contributed by atoms with van der Waals surface area (Å²) >= 11 is 0. The molecule has 0 saturated heterocycles. The van der Waals surface area contributed by atoms with Gasteiger partial charge in [-0.2, -0.15) is 0 Å². The lowest BCUT2D eigenvalue weighted by molar-refractivity contribution is -0.128. The monoisotopic (exact) mass is 250 g/mol. The van der Waals surface area contributed by atoms with Crippen molar-refractivity contribution in [2.24, 2.45) is 10.7 Å². The van der Waals surface area contributed by atoms with E-state index in [4.69, 9.17) is 11.5 Å². The quantitative estimate of drug-likeness (QED) is 0.723. The van der Waals surface area contributed by atoms with Gasteiger partial charge in [-0.3, -0.25) is 9.69 Å². The Balaban J connectivity index is 2.48. The van der Waals surface area contributed by atoms with Gasteiger partial charge in [0.1, 0.15) is 5.82 Å². The van der Waals surface area contributed by atoms with Crippen LogP contribution in [0.1, 0.15) is 18.9 Å². The Morgan fingerprint density at radius 2 is 2.11 bits per heavy atom. The summed E-state index contributed by atoms with van der Waals surface area (Å²) in [5.41, 5.74) is 11.1. The van der Waals surface area contributed by atoms with Gasteiger partial charge in [0, 0.05) is 7.05 Å². The van der Waals surface area contributed by atoms with Crippen molar-refractivity contribution in [2.45, 2.75) is 18.9 Å². The van der Waals surface area contributed by atoms with Gasteiger partial charge in [0.25, 0.3) is 0 Å². The molecule has 1 heterocycles. The van der Waals surface area contributed by atoms with Crippen LogP contribution >= 0.6 is 0 Å². The molecule has 0 radical (unpaired) electrons. The molecular formula is C12H15FN4O. The topological polar surface area (TPSA) is 84.7 Å². The molecule has 0 saturated carbocycles. The third kappa shape index (κ3) is 1.90. The van der Waals surface area contributed by atoms with E-state index in [2.05, 4.69) is 4.99 Å². The Hall–Kier alpha value is -2.11. The van der Waals surface area contributed by atoms with Gasteiger partial charge in [-0.15, -0.1) is 0 Å². The molecule has 1 aromatic carbocycles. The first-order chi connectivity index (χ1) is 8.33. The Labute approximate surface area is 104 Å². The van der Waals surface area contributed by atoms with Crippen molar-refractivity contribution in [2.75, 3.05) is 12.8 Å². The van der Waals surface area contributed by atoms with E-state index in [1.165, 1.54) is 17.0 Å². The molecule has 0 aromatic heterocycles. The summed E-state index contributed by atoms with van der Waals surface area (Å²) in [6.45, 7) is 1.78. The number of halogens is 1. The van der Waals surface area contributed by atoms with E-state index in [1.807, 2.05) is 0 Å².